The van der Waals surface area contributed by atoms with Gasteiger partial charge in [-0.2, -0.15) is 13.7 Å². The molecule has 0 aromatic rings. The first-order chi connectivity index (χ1) is 5.46. The molecule has 1 rings (SSSR count). The van der Waals surface area contributed by atoms with Crippen molar-refractivity contribution in [1.29, 1.82) is 5.26 Å². The molecule has 1 heterocycles. The fraction of sp³-hybridized carbons (Fsp3) is 0.167. The summed E-state index contributed by atoms with van der Waals surface area (Å²) in [5.74, 6) is 0.0428. The van der Waals surface area contributed by atoms with Crippen LogP contribution in [0, 0.1) is 11.3 Å². The van der Waals surface area contributed by atoms with Crippen LogP contribution in [-0.2, 0) is 14.5 Å². The summed E-state index contributed by atoms with van der Waals surface area (Å²) in [6.07, 6.45) is 0. The molecule has 1 aliphatic rings. The zero-order valence-corrected chi connectivity index (χ0v) is 7.10. The zero-order valence-electron chi connectivity index (χ0n) is 6.29. The standard InChI is InChI=1S/C6H6N2O3S/c1-4-6(3-7)5(2)11-12(9,10)8-4/h8H,1H2,2H3. The molecule has 0 spiro atoms. The second kappa shape index (κ2) is 2.53. The maximum atomic E-state index is 10.8. The number of hydrogen-bond donors (Lipinski definition) is 1. The monoisotopic (exact) mass is 186 g/mol. The molecule has 0 aliphatic carbocycles. The van der Waals surface area contributed by atoms with Crippen molar-refractivity contribution in [2.75, 3.05) is 0 Å². The smallest absolute Gasteiger partial charge is 0.370 e. The van der Waals surface area contributed by atoms with Gasteiger partial charge in [-0.15, -0.1) is 0 Å². The number of nitriles is 1. The number of rotatable bonds is 0. The molecular formula is C6H6N2O3S. The summed E-state index contributed by atoms with van der Waals surface area (Å²) in [6, 6.07) is 1.77. The van der Waals surface area contributed by atoms with Gasteiger partial charge in [0, 0.05) is 0 Å². The number of nitrogens with one attached hydrogen (secondary N) is 1. The Balaban J connectivity index is 3.23. The average molecular weight is 186 g/mol. The molecule has 1 aliphatic heterocycles. The Morgan fingerprint density at radius 1 is 1.67 bits per heavy atom. The van der Waals surface area contributed by atoms with Gasteiger partial charge < -0.3 is 4.18 Å². The minimum absolute atomic E-state index is 0.0428. The third-order valence-electron chi connectivity index (χ3n) is 1.25. The quantitative estimate of drug-likeness (QED) is 0.584. The van der Waals surface area contributed by atoms with Crippen molar-refractivity contribution in [3.8, 4) is 6.07 Å². The van der Waals surface area contributed by atoms with E-state index in [-0.39, 0.29) is 17.0 Å². The van der Waals surface area contributed by atoms with Crippen LogP contribution in [0.25, 0.3) is 0 Å². The fourth-order valence-electron chi connectivity index (χ4n) is 0.788. The van der Waals surface area contributed by atoms with Gasteiger partial charge in [-0.1, -0.05) is 6.58 Å². The summed E-state index contributed by atoms with van der Waals surface area (Å²) in [7, 11) is -3.78. The normalized spacial score (nSPS) is 20.8. The van der Waals surface area contributed by atoms with Crippen LogP contribution in [0.3, 0.4) is 0 Å². The van der Waals surface area contributed by atoms with Crippen molar-refractivity contribution in [3.05, 3.63) is 23.6 Å². The van der Waals surface area contributed by atoms with Crippen LogP contribution in [0.5, 0.6) is 0 Å². The second-order valence-corrected chi connectivity index (χ2v) is 3.44. The third-order valence-corrected chi connectivity index (χ3v) is 2.21. The Morgan fingerprint density at radius 3 is 2.67 bits per heavy atom. The molecule has 6 heteroatoms. The molecule has 0 aromatic heterocycles. The first-order valence-corrected chi connectivity index (χ1v) is 4.39. The highest BCUT2D eigenvalue weighted by molar-refractivity contribution is 7.85. The second-order valence-electron chi connectivity index (χ2n) is 2.16. The predicted octanol–water partition coefficient (Wildman–Crippen LogP) is 0.162. The maximum Gasteiger partial charge on any atom is 0.407 e. The van der Waals surface area contributed by atoms with E-state index in [0.717, 1.165) is 0 Å². The lowest BCUT2D eigenvalue weighted by Crippen LogP contribution is -2.29. The van der Waals surface area contributed by atoms with Crippen LogP contribution in [0.15, 0.2) is 23.6 Å². The zero-order chi connectivity index (χ0) is 9.35. The molecule has 0 unspecified atom stereocenters. The van der Waals surface area contributed by atoms with E-state index in [1.54, 1.807) is 6.07 Å². The van der Waals surface area contributed by atoms with Gasteiger partial charge in [0.25, 0.3) is 0 Å². The number of nitrogens with zero attached hydrogens (tertiary/aromatic N) is 1. The average Bonchev–Trinajstić information content (AvgIpc) is 1.82. The molecule has 0 saturated heterocycles. The van der Waals surface area contributed by atoms with Crippen molar-refractivity contribution < 1.29 is 12.6 Å². The molecule has 0 aromatic carbocycles. The summed E-state index contributed by atoms with van der Waals surface area (Å²) in [5.41, 5.74) is 0.158. The molecule has 5 nitrogen and oxygen atoms in total. The maximum absolute atomic E-state index is 10.8. The van der Waals surface area contributed by atoms with E-state index in [0.29, 0.717) is 0 Å². The van der Waals surface area contributed by atoms with E-state index in [4.69, 9.17) is 5.26 Å². The molecule has 0 fully saturated rings. The highest BCUT2D eigenvalue weighted by Gasteiger charge is 2.24. The minimum atomic E-state index is -3.78. The molecule has 64 valence electrons. The van der Waals surface area contributed by atoms with Crippen molar-refractivity contribution >= 4 is 10.3 Å². The van der Waals surface area contributed by atoms with Gasteiger partial charge in [-0.3, -0.25) is 4.72 Å². The number of hydrogen-bond acceptors (Lipinski definition) is 4. The number of allylic oxidation sites excluding steroid dienone is 2. The van der Waals surface area contributed by atoms with Gasteiger partial charge in [0.2, 0.25) is 0 Å². The van der Waals surface area contributed by atoms with Crippen molar-refractivity contribution in [1.82, 2.24) is 4.72 Å². The van der Waals surface area contributed by atoms with Crippen molar-refractivity contribution in [2.24, 2.45) is 0 Å². The molecule has 12 heavy (non-hydrogen) atoms. The first-order valence-electron chi connectivity index (χ1n) is 2.99. The lowest BCUT2D eigenvalue weighted by Gasteiger charge is -2.17. The Kier molecular flexibility index (Phi) is 1.82. The highest BCUT2D eigenvalue weighted by atomic mass is 32.2. The molecule has 0 saturated carbocycles. The summed E-state index contributed by atoms with van der Waals surface area (Å²) in [5, 5.41) is 8.52. The molecule has 1 N–H and O–H groups in total. The Hall–Kier alpha value is -1.48. The Bertz CT molecular complexity index is 399. The minimum Gasteiger partial charge on any atom is -0.370 e. The van der Waals surface area contributed by atoms with Crippen LogP contribution in [0.1, 0.15) is 6.92 Å². The van der Waals surface area contributed by atoms with E-state index in [9.17, 15) is 8.42 Å². The van der Waals surface area contributed by atoms with Crippen LogP contribution >= 0.6 is 0 Å². The van der Waals surface area contributed by atoms with Gasteiger partial charge in [0.05, 0.1) is 5.70 Å². The van der Waals surface area contributed by atoms with Crippen molar-refractivity contribution in [3.63, 3.8) is 0 Å². The summed E-state index contributed by atoms with van der Waals surface area (Å²) < 4.78 is 28.0. The van der Waals surface area contributed by atoms with Crippen LogP contribution < -0.4 is 4.72 Å². The molecule has 0 bridgehead atoms. The van der Waals surface area contributed by atoms with Crippen LogP contribution in [0.4, 0.5) is 0 Å². The largest absolute Gasteiger partial charge is 0.407 e. The van der Waals surface area contributed by atoms with Crippen molar-refractivity contribution in [2.45, 2.75) is 6.92 Å². The Labute approximate surface area is 70.2 Å². The van der Waals surface area contributed by atoms with Gasteiger partial charge >= 0.3 is 10.3 Å². The lowest BCUT2D eigenvalue weighted by molar-refractivity contribution is 0.391. The molecule has 0 atom stereocenters. The lowest BCUT2D eigenvalue weighted by atomic mass is 10.2. The first kappa shape index (κ1) is 8.62. The Morgan fingerprint density at radius 2 is 2.25 bits per heavy atom. The van der Waals surface area contributed by atoms with Gasteiger partial charge in [0.15, 0.2) is 0 Å². The predicted molar refractivity (Wildman–Crippen MR) is 40.6 cm³/mol. The summed E-state index contributed by atoms with van der Waals surface area (Å²) in [6.45, 7) is 4.75. The van der Waals surface area contributed by atoms with Crippen LogP contribution in [0.2, 0.25) is 0 Å². The van der Waals surface area contributed by atoms with E-state index in [1.807, 2.05) is 4.72 Å². The fourth-order valence-corrected chi connectivity index (χ4v) is 1.65. The third kappa shape index (κ3) is 1.40. The van der Waals surface area contributed by atoms with E-state index in [2.05, 4.69) is 10.8 Å². The van der Waals surface area contributed by atoms with E-state index in [1.165, 1.54) is 6.92 Å². The molecule has 0 amide bonds. The highest BCUT2D eigenvalue weighted by Crippen LogP contribution is 2.19. The van der Waals surface area contributed by atoms with Gasteiger partial charge in [0.1, 0.15) is 17.4 Å². The van der Waals surface area contributed by atoms with Gasteiger partial charge in [-0.05, 0) is 6.92 Å². The molecule has 0 radical (unpaired) electrons. The van der Waals surface area contributed by atoms with Crippen LogP contribution in [-0.4, -0.2) is 8.42 Å². The van der Waals surface area contributed by atoms with E-state index < -0.39 is 10.3 Å². The summed E-state index contributed by atoms with van der Waals surface area (Å²) in [4.78, 5) is 0. The van der Waals surface area contributed by atoms with E-state index >= 15 is 0 Å². The SMILES string of the molecule is C=C1NS(=O)(=O)OC(C)=C1C#N. The van der Waals surface area contributed by atoms with Gasteiger partial charge in [-0.25, -0.2) is 0 Å². The molecular weight excluding hydrogens is 180 g/mol. The topological polar surface area (TPSA) is 79.2 Å². The summed E-state index contributed by atoms with van der Waals surface area (Å²) >= 11 is 0.